The Labute approximate surface area is 219 Å². The number of fused-ring (bicyclic) bond motifs is 1. The second kappa shape index (κ2) is 11.3. The number of nitrogens with zero attached hydrogens (tertiary/aromatic N) is 1. The summed E-state index contributed by atoms with van der Waals surface area (Å²) in [5, 5.41) is 18.4. The van der Waals surface area contributed by atoms with Gasteiger partial charge in [-0.2, -0.15) is 5.26 Å². The number of anilines is 2. The number of rotatable bonds is 6. The van der Waals surface area contributed by atoms with E-state index in [4.69, 9.17) is 36.4 Å². The van der Waals surface area contributed by atoms with Crippen molar-refractivity contribution in [3.8, 4) is 17.6 Å². The summed E-state index contributed by atoms with van der Waals surface area (Å²) in [4.78, 5) is 12.5. The van der Waals surface area contributed by atoms with E-state index in [2.05, 4.69) is 22.0 Å². The molecule has 3 N–H and O–H groups in total. The Morgan fingerprint density at radius 3 is 2.43 bits per heavy atom. The number of nitrogens with one attached hydrogen (secondary N) is 3. The molecule has 1 amide bonds. The highest BCUT2D eigenvalue weighted by Gasteiger charge is 2.49. The van der Waals surface area contributed by atoms with E-state index in [0.717, 1.165) is 5.75 Å². The minimum atomic E-state index is -0.597. The molecule has 0 bridgehead atoms. The topological polar surface area (TPSA) is 114 Å². The third-order valence-electron chi connectivity index (χ3n) is 5.91. The monoisotopic (exact) mass is 516 g/mol. The van der Waals surface area contributed by atoms with Crippen LogP contribution in [0.4, 0.5) is 16.2 Å². The molecule has 9 nitrogen and oxygen atoms in total. The second-order valence-corrected chi connectivity index (χ2v) is 8.91. The van der Waals surface area contributed by atoms with E-state index in [-0.39, 0.29) is 18.8 Å². The molecule has 5 rings (SSSR count). The number of carbonyl (C=O) groups is 1. The van der Waals surface area contributed by atoms with Gasteiger partial charge in [-0.15, -0.1) is 0 Å². The molecule has 2 saturated heterocycles. The van der Waals surface area contributed by atoms with Crippen LogP contribution in [0.25, 0.3) is 0 Å². The minimum absolute atomic E-state index is 0.210. The number of hydrogen-bond acceptors (Lipinski definition) is 7. The van der Waals surface area contributed by atoms with Crippen LogP contribution in [0.2, 0.25) is 0 Å². The van der Waals surface area contributed by atoms with E-state index in [9.17, 15) is 4.79 Å². The maximum absolute atomic E-state index is 12.5. The van der Waals surface area contributed by atoms with Crippen molar-refractivity contribution in [2.45, 2.75) is 24.4 Å². The first-order valence-electron chi connectivity index (χ1n) is 11.7. The van der Waals surface area contributed by atoms with E-state index < -0.39 is 18.3 Å². The van der Waals surface area contributed by atoms with Gasteiger partial charge in [0, 0.05) is 11.4 Å². The normalized spacial score (nSPS) is 21.8. The fourth-order valence-corrected chi connectivity index (χ4v) is 4.48. The Bertz CT molecular complexity index is 1300. The molecule has 10 heteroatoms. The summed E-state index contributed by atoms with van der Waals surface area (Å²) >= 11 is 5.41. The van der Waals surface area contributed by atoms with Gasteiger partial charge >= 0.3 is 6.09 Å². The molecule has 37 heavy (non-hydrogen) atoms. The Hall–Kier alpha value is -4.17. The molecule has 0 aromatic heterocycles. The molecule has 0 radical (unpaired) electrons. The van der Waals surface area contributed by atoms with Gasteiger partial charge in [-0.3, -0.25) is 5.32 Å². The molecular weight excluding hydrogens is 492 g/mol. The van der Waals surface area contributed by atoms with Gasteiger partial charge in [-0.1, -0.05) is 24.3 Å². The standard InChI is InChI=1S/C27H24N4O5S/c28-14-17-5-4-6-19(13-17)29-26(37)31-22-15-33-25-23(16-34-24(22)25)36-27(32)30-18-9-11-21(12-10-18)35-20-7-2-1-3-8-20/h1-13,22-25H,15-16H2,(H,30,32)(H2,29,31,37). The Balaban J connectivity index is 1.09. The molecule has 4 atom stereocenters. The number of nitriles is 1. The van der Waals surface area contributed by atoms with E-state index >= 15 is 0 Å². The van der Waals surface area contributed by atoms with Crippen LogP contribution in [0.1, 0.15) is 5.56 Å². The van der Waals surface area contributed by atoms with E-state index in [1.165, 1.54) is 0 Å². The van der Waals surface area contributed by atoms with Crippen molar-refractivity contribution in [3.63, 3.8) is 0 Å². The number of ether oxygens (including phenoxy) is 4. The number of para-hydroxylation sites is 1. The average molecular weight is 517 g/mol. The molecule has 0 saturated carbocycles. The van der Waals surface area contributed by atoms with Crippen molar-refractivity contribution in [2.24, 2.45) is 0 Å². The van der Waals surface area contributed by atoms with E-state index in [0.29, 0.717) is 34.4 Å². The maximum atomic E-state index is 12.5. The molecular formula is C27H24N4O5S. The van der Waals surface area contributed by atoms with Gasteiger partial charge in [0.25, 0.3) is 0 Å². The van der Waals surface area contributed by atoms with Gasteiger partial charge in [0.2, 0.25) is 0 Å². The number of benzene rings is 3. The largest absolute Gasteiger partial charge is 0.457 e. The van der Waals surface area contributed by atoms with E-state index in [1.54, 1.807) is 42.5 Å². The minimum Gasteiger partial charge on any atom is -0.457 e. The molecule has 3 aromatic carbocycles. The average Bonchev–Trinajstić information content (AvgIpc) is 3.49. The van der Waals surface area contributed by atoms with Crippen LogP contribution in [0.15, 0.2) is 78.9 Å². The summed E-state index contributed by atoms with van der Waals surface area (Å²) in [6, 6.07) is 25.3. The third-order valence-corrected chi connectivity index (χ3v) is 6.13. The van der Waals surface area contributed by atoms with Crippen LogP contribution < -0.4 is 20.7 Å². The Morgan fingerprint density at radius 1 is 0.892 bits per heavy atom. The summed E-state index contributed by atoms with van der Waals surface area (Å²) in [7, 11) is 0. The highest BCUT2D eigenvalue weighted by molar-refractivity contribution is 7.80. The van der Waals surface area contributed by atoms with Crippen LogP contribution in [0.3, 0.4) is 0 Å². The molecule has 4 unspecified atom stereocenters. The van der Waals surface area contributed by atoms with Crippen LogP contribution in [-0.2, 0) is 14.2 Å². The van der Waals surface area contributed by atoms with Crippen molar-refractivity contribution >= 4 is 34.8 Å². The van der Waals surface area contributed by atoms with Gasteiger partial charge in [0.15, 0.2) is 11.2 Å². The number of amides is 1. The molecule has 2 aliphatic rings. The van der Waals surface area contributed by atoms with Crippen LogP contribution in [0, 0.1) is 11.3 Å². The number of thiocarbonyl (C=S) groups is 1. The molecule has 3 aromatic rings. The lowest BCUT2D eigenvalue weighted by atomic mass is 10.1. The quantitative estimate of drug-likeness (QED) is 0.410. The molecule has 0 aliphatic carbocycles. The molecule has 0 spiro atoms. The first kappa shape index (κ1) is 24.5. The molecule has 2 fully saturated rings. The van der Waals surface area contributed by atoms with Gasteiger partial charge < -0.3 is 29.6 Å². The lowest BCUT2D eigenvalue weighted by Gasteiger charge is -2.20. The first-order chi connectivity index (χ1) is 18.1. The summed E-state index contributed by atoms with van der Waals surface area (Å²) in [5.74, 6) is 1.38. The van der Waals surface area contributed by atoms with Gasteiger partial charge in [-0.25, -0.2) is 4.79 Å². The van der Waals surface area contributed by atoms with Crippen molar-refractivity contribution < 1.29 is 23.7 Å². The molecule has 188 valence electrons. The lowest BCUT2D eigenvalue weighted by molar-refractivity contribution is 0.00880. The van der Waals surface area contributed by atoms with Crippen molar-refractivity contribution in [3.05, 3.63) is 84.4 Å². The zero-order valence-corrected chi connectivity index (χ0v) is 20.4. The predicted molar refractivity (Wildman–Crippen MR) is 141 cm³/mol. The van der Waals surface area contributed by atoms with Gasteiger partial charge in [0.05, 0.1) is 30.9 Å². The fraction of sp³-hybridized carbons (Fsp3) is 0.222. The fourth-order valence-electron chi connectivity index (χ4n) is 4.21. The second-order valence-electron chi connectivity index (χ2n) is 8.50. The number of carbonyl (C=O) groups excluding carboxylic acids is 1. The summed E-state index contributed by atoms with van der Waals surface area (Å²) in [6.07, 6.45) is -1.88. The molecule has 2 heterocycles. The first-order valence-corrected chi connectivity index (χ1v) is 12.1. The predicted octanol–water partition coefficient (Wildman–Crippen LogP) is 4.42. The van der Waals surface area contributed by atoms with Crippen LogP contribution in [0.5, 0.6) is 11.5 Å². The zero-order chi connectivity index (χ0) is 25.6. The van der Waals surface area contributed by atoms with Gasteiger partial charge in [0.1, 0.15) is 23.7 Å². The SMILES string of the molecule is N#Cc1cccc(NC(=S)NC2COC3C(OC(=O)Nc4ccc(Oc5ccccc5)cc4)COC23)c1. The van der Waals surface area contributed by atoms with Gasteiger partial charge in [-0.05, 0) is 66.8 Å². The Kier molecular flexibility index (Phi) is 7.46. The van der Waals surface area contributed by atoms with E-state index in [1.807, 2.05) is 36.4 Å². The maximum Gasteiger partial charge on any atom is 0.412 e. The summed E-state index contributed by atoms with van der Waals surface area (Å²) in [5.41, 5.74) is 1.81. The highest BCUT2D eigenvalue weighted by Crippen LogP contribution is 2.29. The van der Waals surface area contributed by atoms with Crippen LogP contribution in [-0.4, -0.2) is 48.8 Å². The van der Waals surface area contributed by atoms with Crippen LogP contribution >= 0.6 is 12.2 Å². The molecule has 2 aliphatic heterocycles. The summed E-state index contributed by atoms with van der Waals surface area (Å²) in [6.45, 7) is 0.564. The van der Waals surface area contributed by atoms with Crippen molar-refractivity contribution in [2.75, 3.05) is 23.8 Å². The Morgan fingerprint density at radius 2 is 1.65 bits per heavy atom. The van der Waals surface area contributed by atoms with Crippen molar-refractivity contribution in [1.29, 1.82) is 5.26 Å². The van der Waals surface area contributed by atoms with Crippen molar-refractivity contribution in [1.82, 2.24) is 5.32 Å². The number of hydrogen-bond donors (Lipinski definition) is 3. The zero-order valence-electron chi connectivity index (χ0n) is 19.6. The summed E-state index contributed by atoms with van der Waals surface area (Å²) < 4.78 is 23.1. The highest BCUT2D eigenvalue weighted by atomic mass is 32.1. The lowest BCUT2D eigenvalue weighted by Crippen LogP contribution is -2.46. The smallest absolute Gasteiger partial charge is 0.412 e. The third kappa shape index (κ3) is 6.16.